The Morgan fingerprint density at radius 3 is 2.50 bits per heavy atom. The van der Waals surface area contributed by atoms with Crippen LogP contribution in [0.1, 0.15) is 20.8 Å². The summed E-state index contributed by atoms with van der Waals surface area (Å²) in [5.41, 5.74) is 0. The van der Waals surface area contributed by atoms with Crippen LogP contribution < -0.4 is 5.32 Å². The lowest BCUT2D eigenvalue weighted by atomic mass is 10.3. The average Bonchev–Trinajstić information content (AvgIpc) is 2.05. The summed E-state index contributed by atoms with van der Waals surface area (Å²) in [5.74, 6) is 2.32. The lowest BCUT2D eigenvalue weighted by Gasteiger charge is -2.17. The first-order valence-corrected chi connectivity index (χ1v) is 5.72. The molecule has 0 aromatic rings. The van der Waals surface area contributed by atoms with Gasteiger partial charge in [0.2, 0.25) is 0 Å². The summed E-state index contributed by atoms with van der Waals surface area (Å²) in [7, 11) is 1.99. The molecule has 1 unspecified atom stereocenters. The number of hydrogen-bond acceptors (Lipinski definition) is 3. The Bertz CT molecular complexity index is 98.5. The largest absolute Gasteiger partial charge is 0.377 e. The van der Waals surface area contributed by atoms with Crippen molar-refractivity contribution >= 4 is 11.8 Å². The van der Waals surface area contributed by atoms with Crippen molar-refractivity contribution in [3.63, 3.8) is 0 Å². The molecule has 0 spiro atoms. The van der Waals surface area contributed by atoms with E-state index < -0.39 is 0 Å². The number of hydrogen-bond donors (Lipinski definition) is 1. The van der Waals surface area contributed by atoms with Gasteiger partial charge < -0.3 is 10.1 Å². The standard InChI is InChI=1S/C9H21NOS/c1-5-12-7-9(10-4)6-11-8(2)3/h8-10H,5-7H2,1-4H3. The summed E-state index contributed by atoms with van der Waals surface area (Å²) in [6.45, 7) is 7.14. The van der Waals surface area contributed by atoms with Crippen molar-refractivity contribution in [3.8, 4) is 0 Å². The average molecular weight is 191 g/mol. The SMILES string of the molecule is CCSCC(COC(C)C)NC. The monoisotopic (exact) mass is 191 g/mol. The first-order valence-electron chi connectivity index (χ1n) is 4.57. The molecule has 1 N–H and O–H groups in total. The Morgan fingerprint density at radius 2 is 2.08 bits per heavy atom. The summed E-state index contributed by atoms with van der Waals surface area (Å²) in [6.07, 6.45) is 0.340. The van der Waals surface area contributed by atoms with Gasteiger partial charge in [0.15, 0.2) is 0 Å². The van der Waals surface area contributed by atoms with Crippen LogP contribution in [0.4, 0.5) is 0 Å². The Hall–Kier alpha value is 0.270. The second kappa shape index (κ2) is 7.90. The van der Waals surface area contributed by atoms with Crippen molar-refractivity contribution in [1.82, 2.24) is 5.32 Å². The molecule has 0 amide bonds. The fourth-order valence-corrected chi connectivity index (χ4v) is 1.57. The number of nitrogens with one attached hydrogen (secondary N) is 1. The Kier molecular flexibility index (Phi) is 8.07. The van der Waals surface area contributed by atoms with Crippen molar-refractivity contribution in [1.29, 1.82) is 0 Å². The molecule has 12 heavy (non-hydrogen) atoms. The highest BCUT2D eigenvalue weighted by Crippen LogP contribution is 2.02. The van der Waals surface area contributed by atoms with Crippen LogP contribution in [0.25, 0.3) is 0 Å². The van der Waals surface area contributed by atoms with Crippen LogP contribution in [0.15, 0.2) is 0 Å². The molecule has 0 heterocycles. The van der Waals surface area contributed by atoms with Gasteiger partial charge in [-0.15, -0.1) is 0 Å². The van der Waals surface area contributed by atoms with Crippen LogP contribution in [0.3, 0.4) is 0 Å². The number of likely N-dealkylation sites (N-methyl/N-ethyl adjacent to an activating group) is 1. The fourth-order valence-electron chi connectivity index (χ4n) is 0.783. The molecule has 74 valence electrons. The summed E-state index contributed by atoms with van der Waals surface area (Å²) in [4.78, 5) is 0. The van der Waals surface area contributed by atoms with Crippen molar-refractivity contribution in [2.24, 2.45) is 0 Å². The van der Waals surface area contributed by atoms with Gasteiger partial charge >= 0.3 is 0 Å². The third-order valence-electron chi connectivity index (χ3n) is 1.56. The number of thioether (sulfide) groups is 1. The van der Waals surface area contributed by atoms with E-state index in [1.807, 2.05) is 18.8 Å². The molecule has 0 saturated heterocycles. The molecule has 2 nitrogen and oxygen atoms in total. The quantitative estimate of drug-likeness (QED) is 0.662. The zero-order valence-electron chi connectivity index (χ0n) is 8.59. The maximum atomic E-state index is 5.52. The minimum Gasteiger partial charge on any atom is -0.377 e. The summed E-state index contributed by atoms with van der Waals surface area (Å²) < 4.78 is 5.52. The van der Waals surface area contributed by atoms with E-state index in [2.05, 4.69) is 26.1 Å². The van der Waals surface area contributed by atoms with Gasteiger partial charge in [0.1, 0.15) is 0 Å². The molecule has 0 aromatic heterocycles. The van der Waals surface area contributed by atoms with Crippen LogP contribution in [0.2, 0.25) is 0 Å². The van der Waals surface area contributed by atoms with E-state index in [0.29, 0.717) is 12.1 Å². The van der Waals surface area contributed by atoms with Crippen molar-refractivity contribution in [3.05, 3.63) is 0 Å². The molecule has 0 rings (SSSR count). The predicted molar refractivity (Wildman–Crippen MR) is 56.9 cm³/mol. The molecular weight excluding hydrogens is 170 g/mol. The third kappa shape index (κ3) is 6.95. The highest BCUT2D eigenvalue weighted by molar-refractivity contribution is 7.99. The van der Waals surface area contributed by atoms with Gasteiger partial charge in [-0.25, -0.2) is 0 Å². The lowest BCUT2D eigenvalue weighted by molar-refractivity contribution is 0.0668. The molecule has 0 radical (unpaired) electrons. The van der Waals surface area contributed by atoms with Crippen LogP contribution in [0, 0.1) is 0 Å². The number of rotatable bonds is 7. The van der Waals surface area contributed by atoms with Crippen LogP contribution in [-0.2, 0) is 4.74 Å². The molecule has 0 aliphatic heterocycles. The normalized spacial score (nSPS) is 13.8. The second-order valence-corrected chi connectivity index (χ2v) is 4.35. The van der Waals surface area contributed by atoms with Crippen molar-refractivity contribution < 1.29 is 4.74 Å². The molecule has 0 fully saturated rings. The number of ether oxygens (including phenoxy) is 1. The van der Waals surface area contributed by atoms with E-state index in [9.17, 15) is 0 Å². The van der Waals surface area contributed by atoms with Crippen molar-refractivity contribution in [2.45, 2.75) is 32.9 Å². The van der Waals surface area contributed by atoms with Gasteiger partial charge in [-0.05, 0) is 26.6 Å². The van der Waals surface area contributed by atoms with Gasteiger partial charge in [-0.1, -0.05) is 6.92 Å². The van der Waals surface area contributed by atoms with E-state index in [4.69, 9.17) is 4.74 Å². The van der Waals surface area contributed by atoms with Gasteiger partial charge in [-0.2, -0.15) is 11.8 Å². The Balaban J connectivity index is 3.39. The molecule has 0 saturated carbocycles. The van der Waals surface area contributed by atoms with Crippen LogP contribution >= 0.6 is 11.8 Å². The lowest BCUT2D eigenvalue weighted by Crippen LogP contribution is -2.33. The minimum absolute atomic E-state index is 0.340. The van der Waals surface area contributed by atoms with E-state index in [1.165, 1.54) is 5.75 Å². The topological polar surface area (TPSA) is 21.3 Å². The maximum Gasteiger partial charge on any atom is 0.0631 e. The third-order valence-corrected chi connectivity index (χ3v) is 2.61. The molecule has 1 atom stereocenters. The first kappa shape index (κ1) is 12.3. The van der Waals surface area contributed by atoms with Crippen LogP contribution in [0.5, 0.6) is 0 Å². The molecule has 0 aliphatic carbocycles. The highest BCUT2D eigenvalue weighted by Gasteiger charge is 2.06. The minimum atomic E-state index is 0.340. The molecule has 0 bridgehead atoms. The van der Waals surface area contributed by atoms with Gasteiger partial charge in [-0.3, -0.25) is 0 Å². The van der Waals surface area contributed by atoms with Gasteiger partial charge in [0.25, 0.3) is 0 Å². The fraction of sp³-hybridized carbons (Fsp3) is 1.00. The highest BCUT2D eigenvalue weighted by atomic mass is 32.2. The molecule has 3 heteroatoms. The zero-order chi connectivity index (χ0) is 9.40. The summed E-state index contributed by atoms with van der Waals surface area (Å²) >= 11 is 1.95. The predicted octanol–water partition coefficient (Wildman–Crippen LogP) is 1.75. The molecule has 0 aliphatic rings. The van der Waals surface area contributed by atoms with Crippen molar-refractivity contribution in [2.75, 3.05) is 25.2 Å². The summed E-state index contributed by atoms with van der Waals surface area (Å²) in [5, 5.41) is 3.25. The second-order valence-electron chi connectivity index (χ2n) is 3.03. The zero-order valence-corrected chi connectivity index (χ0v) is 9.41. The summed E-state index contributed by atoms with van der Waals surface area (Å²) in [6, 6.07) is 0.498. The van der Waals surface area contributed by atoms with E-state index in [0.717, 1.165) is 12.4 Å². The first-order chi connectivity index (χ1) is 5.70. The van der Waals surface area contributed by atoms with E-state index >= 15 is 0 Å². The van der Waals surface area contributed by atoms with E-state index in [1.54, 1.807) is 0 Å². The molecule has 0 aromatic carbocycles. The van der Waals surface area contributed by atoms with Crippen LogP contribution in [-0.4, -0.2) is 37.3 Å². The molecular formula is C9H21NOS. The van der Waals surface area contributed by atoms with Gasteiger partial charge in [0.05, 0.1) is 12.7 Å². The Labute approximate surface area is 80.4 Å². The van der Waals surface area contributed by atoms with E-state index in [-0.39, 0.29) is 0 Å². The smallest absolute Gasteiger partial charge is 0.0631 e. The maximum absolute atomic E-state index is 5.52. The van der Waals surface area contributed by atoms with Gasteiger partial charge in [0, 0.05) is 11.8 Å². The Morgan fingerprint density at radius 1 is 1.42 bits per heavy atom.